The highest BCUT2D eigenvalue weighted by Crippen LogP contribution is 2.48. The van der Waals surface area contributed by atoms with E-state index in [-0.39, 0.29) is 11.5 Å². The van der Waals surface area contributed by atoms with Gasteiger partial charge >= 0.3 is 0 Å². The third kappa shape index (κ3) is 3.17. The van der Waals surface area contributed by atoms with E-state index in [1.54, 1.807) is 0 Å². The van der Waals surface area contributed by atoms with Gasteiger partial charge in [0.2, 0.25) is 0 Å². The summed E-state index contributed by atoms with van der Waals surface area (Å²) in [7, 11) is 1.85. The van der Waals surface area contributed by atoms with Crippen LogP contribution in [0.25, 0.3) is 0 Å². The SMILES string of the molecule is COC(CN1CCCCC1)C1(c2ccc(Cl)c(Cl)c2)CCC1. The minimum Gasteiger partial charge on any atom is -0.379 e. The molecule has 0 radical (unpaired) electrons. The molecule has 0 N–H and O–H groups in total. The molecule has 3 rings (SSSR count). The molecule has 1 unspecified atom stereocenters. The van der Waals surface area contributed by atoms with Crippen molar-refractivity contribution in [2.45, 2.75) is 50.0 Å². The van der Waals surface area contributed by atoms with Crippen LogP contribution in [-0.4, -0.2) is 37.7 Å². The molecule has 0 spiro atoms. The number of benzene rings is 1. The Morgan fingerprint density at radius 2 is 1.82 bits per heavy atom. The van der Waals surface area contributed by atoms with Gasteiger partial charge in [-0.3, -0.25) is 0 Å². The minimum absolute atomic E-state index is 0.112. The van der Waals surface area contributed by atoms with E-state index in [0.29, 0.717) is 10.0 Å². The standard InChI is InChI=1S/C18H25Cl2NO/c1-22-17(13-21-10-3-2-4-11-21)18(8-5-9-18)14-6-7-15(19)16(20)12-14/h6-7,12,17H,2-5,8-11,13H2,1H3. The quantitative estimate of drug-likeness (QED) is 0.753. The van der Waals surface area contributed by atoms with Crippen molar-refractivity contribution in [1.29, 1.82) is 0 Å². The highest BCUT2D eigenvalue weighted by molar-refractivity contribution is 6.42. The molecule has 1 atom stereocenters. The smallest absolute Gasteiger partial charge is 0.0794 e. The third-order valence-corrected chi connectivity index (χ3v) is 6.25. The van der Waals surface area contributed by atoms with Crippen LogP contribution in [0, 0.1) is 0 Å². The Balaban J connectivity index is 1.81. The van der Waals surface area contributed by atoms with E-state index >= 15 is 0 Å². The summed E-state index contributed by atoms with van der Waals surface area (Å²) in [5, 5.41) is 1.28. The van der Waals surface area contributed by atoms with Gasteiger partial charge in [-0.1, -0.05) is 42.1 Å². The number of likely N-dealkylation sites (tertiary alicyclic amines) is 1. The second-order valence-corrected chi connectivity index (χ2v) is 7.54. The van der Waals surface area contributed by atoms with E-state index in [4.69, 9.17) is 27.9 Å². The van der Waals surface area contributed by atoms with Crippen LogP contribution in [0.4, 0.5) is 0 Å². The second kappa shape index (κ2) is 7.09. The first kappa shape index (κ1) is 16.6. The Bertz CT molecular complexity index is 510. The first-order valence-electron chi connectivity index (χ1n) is 8.36. The predicted molar refractivity (Wildman–Crippen MR) is 93.1 cm³/mol. The first-order valence-corrected chi connectivity index (χ1v) is 9.12. The van der Waals surface area contributed by atoms with Gasteiger partial charge in [-0.05, 0) is 56.5 Å². The van der Waals surface area contributed by atoms with Gasteiger partial charge in [-0.2, -0.15) is 0 Å². The Morgan fingerprint density at radius 1 is 1.09 bits per heavy atom. The van der Waals surface area contributed by atoms with Crippen LogP contribution in [0.2, 0.25) is 10.0 Å². The number of hydrogen-bond acceptors (Lipinski definition) is 2. The molecule has 1 heterocycles. The summed E-state index contributed by atoms with van der Waals surface area (Å²) in [5.74, 6) is 0. The number of ether oxygens (including phenoxy) is 1. The normalized spacial score (nSPS) is 23.0. The van der Waals surface area contributed by atoms with Gasteiger partial charge in [0.05, 0.1) is 16.1 Å². The molecule has 0 bridgehead atoms. The van der Waals surface area contributed by atoms with Gasteiger partial charge < -0.3 is 9.64 Å². The molecule has 4 heteroatoms. The van der Waals surface area contributed by atoms with Crippen molar-refractivity contribution in [2.24, 2.45) is 0 Å². The number of rotatable bonds is 5. The van der Waals surface area contributed by atoms with E-state index < -0.39 is 0 Å². The van der Waals surface area contributed by atoms with E-state index in [1.807, 2.05) is 19.2 Å². The van der Waals surface area contributed by atoms with E-state index in [0.717, 1.165) is 6.54 Å². The number of hydrogen-bond donors (Lipinski definition) is 0. The Labute approximate surface area is 143 Å². The number of methoxy groups -OCH3 is 1. The molecule has 0 aromatic heterocycles. The zero-order valence-electron chi connectivity index (χ0n) is 13.3. The fourth-order valence-electron chi connectivity index (χ4n) is 4.01. The summed E-state index contributed by atoms with van der Waals surface area (Å²) in [6, 6.07) is 6.10. The first-order chi connectivity index (χ1) is 10.7. The maximum absolute atomic E-state index is 6.26. The van der Waals surface area contributed by atoms with Gasteiger partial charge in [0, 0.05) is 19.1 Å². The predicted octanol–water partition coefficient (Wildman–Crippen LogP) is 4.92. The zero-order chi connectivity index (χ0) is 15.6. The van der Waals surface area contributed by atoms with Crippen LogP contribution >= 0.6 is 23.2 Å². The number of halogens is 2. The lowest BCUT2D eigenvalue weighted by Crippen LogP contribution is -2.52. The van der Waals surface area contributed by atoms with Gasteiger partial charge in [-0.25, -0.2) is 0 Å². The van der Waals surface area contributed by atoms with Gasteiger partial charge in [0.25, 0.3) is 0 Å². The summed E-state index contributed by atoms with van der Waals surface area (Å²) in [6.07, 6.45) is 7.85. The molecule has 1 aliphatic carbocycles. The molecule has 122 valence electrons. The van der Waals surface area contributed by atoms with Crippen molar-refractivity contribution in [3.05, 3.63) is 33.8 Å². The van der Waals surface area contributed by atoms with Crippen LogP contribution in [0.1, 0.15) is 44.1 Å². The Hall–Kier alpha value is -0.280. The highest BCUT2D eigenvalue weighted by atomic mass is 35.5. The lowest BCUT2D eigenvalue weighted by atomic mass is 9.61. The topological polar surface area (TPSA) is 12.5 Å². The third-order valence-electron chi connectivity index (χ3n) is 5.51. The second-order valence-electron chi connectivity index (χ2n) is 6.72. The van der Waals surface area contributed by atoms with E-state index in [1.165, 1.54) is 57.2 Å². The summed E-state index contributed by atoms with van der Waals surface area (Å²) in [6.45, 7) is 3.44. The maximum Gasteiger partial charge on any atom is 0.0794 e. The van der Waals surface area contributed by atoms with E-state index in [9.17, 15) is 0 Å². The summed E-state index contributed by atoms with van der Waals surface area (Å²) >= 11 is 12.3. The molecule has 1 aromatic rings. The molecule has 1 aromatic carbocycles. The van der Waals surface area contributed by atoms with Crippen LogP contribution in [0.3, 0.4) is 0 Å². The zero-order valence-corrected chi connectivity index (χ0v) is 14.8. The molecule has 22 heavy (non-hydrogen) atoms. The van der Waals surface area contributed by atoms with Crippen molar-refractivity contribution in [3.8, 4) is 0 Å². The van der Waals surface area contributed by atoms with Crippen LogP contribution < -0.4 is 0 Å². The maximum atomic E-state index is 6.26. The van der Waals surface area contributed by atoms with Gasteiger partial charge in [0.1, 0.15) is 0 Å². The largest absolute Gasteiger partial charge is 0.379 e. The summed E-state index contributed by atoms with van der Waals surface area (Å²) in [4.78, 5) is 2.56. The molecule has 0 amide bonds. The monoisotopic (exact) mass is 341 g/mol. The van der Waals surface area contributed by atoms with Crippen LogP contribution in [0.15, 0.2) is 18.2 Å². The molecule has 1 saturated heterocycles. The molecule has 2 fully saturated rings. The molecule has 1 saturated carbocycles. The lowest BCUT2D eigenvalue weighted by molar-refractivity contribution is -0.0315. The molecule has 1 aliphatic heterocycles. The van der Waals surface area contributed by atoms with Crippen molar-refractivity contribution >= 4 is 23.2 Å². The van der Waals surface area contributed by atoms with Crippen molar-refractivity contribution in [3.63, 3.8) is 0 Å². The molecular formula is C18H25Cl2NO. The summed E-state index contributed by atoms with van der Waals surface area (Å²) in [5.41, 5.74) is 1.40. The number of nitrogens with zero attached hydrogens (tertiary/aromatic N) is 1. The van der Waals surface area contributed by atoms with Gasteiger partial charge in [0.15, 0.2) is 0 Å². The van der Waals surface area contributed by atoms with E-state index in [2.05, 4.69) is 11.0 Å². The Morgan fingerprint density at radius 3 is 2.36 bits per heavy atom. The minimum atomic E-state index is 0.112. The molecule has 2 nitrogen and oxygen atoms in total. The Kier molecular flexibility index (Phi) is 5.34. The van der Waals surface area contributed by atoms with Crippen LogP contribution in [0.5, 0.6) is 0 Å². The molecule has 2 aliphatic rings. The highest BCUT2D eigenvalue weighted by Gasteiger charge is 2.46. The lowest BCUT2D eigenvalue weighted by Gasteiger charge is -2.49. The van der Waals surface area contributed by atoms with Crippen molar-refractivity contribution < 1.29 is 4.74 Å². The molecular weight excluding hydrogens is 317 g/mol. The fraction of sp³-hybridized carbons (Fsp3) is 0.667. The fourth-order valence-corrected chi connectivity index (χ4v) is 4.31. The average molecular weight is 342 g/mol. The van der Waals surface area contributed by atoms with Crippen molar-refractivity contribution in [1.82, 2.24) is 4.90 Å². The average Bonchev–Trinajstić information content (AvgIpc) is 2.49. The summed E-state index contributed by atoms with van der Waals surface area (Å²) < 4.78 is 5.97. The van der Waals surface area contributed by atoms with Crippen molar-refractivity contribution in [2.75, 3.05) is 26.7 Å². The van der Waals surface area contributed by atoms with Gasteiger partial charge in [-0.15, -0.1) is 0 Å². The van der Waals surface area contributed by atoms with Crippen LogP contribution in [-0.2, 0) is 10.2 Å². The number of piperidine rings is 1.